The van der Waals surface area contributed by atoms with Gasteiger partial charge in [0.15, 0.2) is 5.60 Å². The molecule has 0 aromatic heterocycles. The molecule has 2 aromatic carbocycles. The number of aliphatic hydroxyl groups is 2. The van der Waals surface area contributed by atoms with E-state index in [1.54, 1.807) is 12.1 Å². The van der Waals surface area contributed by atoms with Crippen LogP contribution in [0.25, 0.3) is 0 Å². The molecular weight excluding hydrogens is 444 g/mol. The Hall–Kier alpha value is -3.30. The normalized spacial score (nSPS) is 26.7. The van der Waals surface area contributed by atoms with Gasteiger partial charge in [-0.2, -0.15) is 0 Å². The molecule has 0 saturated heterocycles. The van der Waals surface area contributed by atoms with E-state index in [2.05, 4.69) is 4.74 Å². The summed E-state index contributed by atoms with van der Waals surface area (Å²) in [5.74, 6) is -1.72. The van der Waals surface area contributed by atoms with Crippen LogP contribution in [-0.4, -0.2) is 62.3 Å². The standard InChI is InChI=1S/C25H28O9/c1-30-16-12-15(33-11-7-10-18(26)31-2)13-17-21(16)25(29)22(27)20(24(28)32-3)19(23(25)34-17)14-8-5-4-6-9-14/h4-6,8-9,12-13,19-20,22-23,27,29H,7,10-11H2,1-3H3/t19-,20?,22?,23?,25+/m1/s1. The van der Waals surface area contributed by atoms with Crippen LogP contribution in [-0.2, 0) is 24.7 Å². The van der Waals surface area contributed by atoms with E-state index in [4.69, 9.17) is 18.9 Å². The number of fused-ring (bicyclic) bond motifs is 3. The molecule has 1 heterocycles. The molecule has 3 unspecified atom stereocenters. The van der Waals surface area contributed by atoms with Gasteiger partial charge in [-0.15, -0.1) is 0 Å². The third-order valence-corrected chi connectivity index (χ3v) is 6.53. The van der Waals surface area contributed by atoms with Crippen LogP contribution in [0.1, 0.15) is 29.9 Å². The lowest BCUT2D eigenvalue weighted by Crippen LogP contribution is -2.44. The summed E-state index contributed by atoms with van der Waals surface area (Å²) in [4.78, 5) is 24.0. The predicted octanol–water partition coefficient (Wildman–Crippen LogP) is 1.92. The first-order chi connectivity index (χ1) is 16.4. The number of methoxy groups -OCH3 is 3. The second-order valence-electron chi connectivity index (χ2n) is 8.32. The first kappa shape index (κ1) is 23.8. The van der Waals surface area contributed by atoms with E-state index in [-0.39, 0.29) is 36.1 Å². The highest BCUT2D eigenvalue weighted by Crippen LogP contribution is 2.60. The number of rotatable bonds is 8. The van der Waals surface area contributed by atoms with Crippen molar-refractivity contribution in [2.45, 2.75) is 36.6 Å². The topological polar surface area (TPSA) is 121 Å². The molecule has 2 aliphatic rings. The van der Waals surface area contributed by atoms with Crippen LogP contribution in [0.3, 0.4) is 0 Å². The Bertz CT molecular complexity index is 1050. The fourth-order valence-electron chi connectivity index (χ4n) is 4.97. The smallest absolute Gasteiger partial charge is 0.312 e. The molecule has 1 fully saturated rings. The second-order valence-corrected chi connectivity index (χ2v) is 8.32. The molecule has 0 radical (unpaired) electrons. The van der Waals surface area contributed by atoms with Gasteiger partial charge in [0.1, 0.15) is 29.5 Å². The molecule has 0 spiro atoms. The van der Waals surface area contributed by atoms with Crippen LogP contribution in [0, 0.1) is 5.92 Å². The summed E-state index contributed by atoms with van der Waals surface area (Å²) in [6.45, 7) is 0.254. The van der Waals surface area contributed by atoms with Gasteiger partial charge >= 0.3 is 11.9 Å². The fourth-order valence-corrected chi connectivity index (χ4v) is 4.97. The average Bonchev–Trinajstić information content (AvgIpc) is 3.27. The van der Waals surface area contributed by atoms with Crippen molar-refractivity contribution in [1.82, 2.24) is 0 Å². The van der Waals surface area contributed by atoms with Crippen LogP contribution < -0.4 is 14.2 Å². The number of carbonyl (C=O) groups is 2. The van der Waals surface area contributed by atoms with Crippen molar-refractivity contribution >= 4 is 11.9 Å². The van der Waals surface area contributed by atoms with E-state index >= 15 is 0 Å². The Morgan fingerprint density at radius 1 is 1.09 bits per heavy atom. The summed E-state index contributed by atoms with van der Waals surface area (Å²) >= 11 is 0. The Morgan fingerprint density at radius 2 is 1.82 bits per heavy atom. The Morgan fingerprint density at radius 3 is 2.47 bits per heavy atom. The number of aliphatic hydroxyl groups excluding tert-OH is 1. The lowest BCUT2D eigenvalue weighted by molar-refractivity contribution is -0.154. The number of hydrogen-bond acceptors (Lipinski definition) is 9. The van der Waals surface area contributed by atoms with Crippen molar-refractivity contribution in [2.75, 3.05) is 27.9 Å². The van der Waals surface area contributed by atoms with Gasteiger partial charge in [-0.25, -0.2) is 0 Å². The third-order valence-electron chi connectivity index (χ3n) is 6.53. The van der Waals surface area contributed by atoms with E-state index < -0.39 is 35.6 Å². The van der Waals surface area contributed by atoms with Crippen LogP contribution in [0.2, 0.25) is 0 Å². The third kappa shape index (κ3) is 3.84. The van der Waals surface area contributed by atoms with Crippen molar-refractivity contribution in [3.63, 3.8) is 0 Å². The van der Waals surface area contributed by atoms with Gasteiger partial charge in [0, 0.05) is 24.5 Å². The highest BCUT2D eigenvalue weighted by molar-refractivity contribution is 5.77. The number of benzene rings is 2. The quantitative estimate of drug-likeness (QED) is 0.438. The molecule has 182 valence electrons. The Kier molecular flexibility index (Phi) is 6.67. The van der Waals surface area contributed by atoms with Gasteiger partial charge in [0.25, 0.3) is 0 Å². The molecule has 9 heteroatoms. The zero-order chi connectivity index (χ0) is 24.5. The summed E-state index contributed by atoms with van der Waals surface area (Å²) < 4.78 is 27.0. The van der Waals surface area contributed by atoms with Crippen LogP contribution in [0.15, 0.2) is 42.5 Å². The first-order valence-corrected chi connectivity index (χ1v) is 11.0. The molecule has 9 nitrogen and oxygen atoms in total. The van der Waals surface area contributed by atoms with E-state index in [9.17, 15) is 19.8 Å². The van der Waals surface area contributed by atoms with Gasteiger partial charge in [0.05, 0.1) is 39.4 Å². The van der Waals surface area contributed by atoms with Crippen molar-refractivity contribution in [3.8, 4) is 17.2 Å². The van der Waals surface area contributed by atoms with Crippen molar-refractivity contribution in [1.29, 1.82) is 0 Å². The molecule has 5 atom stereocenters. The molecule has 0 bridgehead atoms. The molecular formula is C25H28O9. The van der Waals surface area contributed by atoms with Gasteiger partial charge in [-0.05, 0) is 12.0 Å². The van der Waals surface area contributed by atoms with Crippen LogP contribution in [0.4, 0.5) is 0 Å². The minimum absolute atomic E-state index is 0.219. The monoisotopic (exact) mass is 472 g/mol. The number of esters is 2. The highest BCUT2D eigenvalue weighted by atomic mass is 16.5. The molecule has 34 heavy (non-hydrogen) atoms. The van der Waals surface area contributed by atoms with Crippen LogP contribution >= 0.6 is 0 Å². The molecule has 1 aliphatic heterocycles. The minimum atomic E-state index is -1.91. The van der Waals surface area contributed by atoms with E-state index in [1.165, 1.54) is 21.3 Å². The molecule has 1 saturated carbocycles. The summed E-state index contributed by atoms with van der Waals surface area (Å²) in [5.41, 5.74) is -0.936. The Labute approximate surface area is 197 Å². The maximum atomic E-state index is 12.7. The minimum Gasteiger partial charge on any atom is -0.496 e. The second kappa shape index (κ2) is 9.52. The van der Waals surface area contributed by atoms with Gasteiger partial charge in [-0.1, -0.05) is 30.3 Å². The number of carbonyl (C=O) groups excluding carboxylic acids is 2. The maximum Gasteiger partial charge on any atom is 0.312 e. The zero-order valence-corrected chi connectivity index (χ0v) is 19.2. The van der Waals surface area contributed by atoms with Gasteiger partial charge in [0.2, 0.25) is 0 Å². The van der Waals surface area contributed by atoms with E-state index in [0.29, 0.717) is 12.2 Å². The van der Waals surface area contributed by atoms with E-state index in [0.717, 1.165) is 5.56 Å². The molecule has 4 rings (SSSR count). The lowest BCUT2D eigenvalue weighted by atomic mass is 9.86. The number of hydrogen-bond donors (Lipinski definition) is 2. The zero-order valence-electron chi connectivity index (χ0n) is 19.2. The van der Waals surface area contributed by atoms with Gasteiger partial charge < -0.3 is 33.9 Å². The van der Waals surface area contributed by atoms with Crippen molar-refractivity contribution in [2.24, 2.45) is 5.92 Å². The van der Waals surface area contributed by atoms with Crippen molar-refractivity contribution in [3.05, 3.63) is 53.6 Å². The average molecular weight is 472 g/mol. The lowest BCUT2D eigenvalue weighted by Gasteiger charge is -2.27. The SMILES string of the molecule is COC(=O)CCCOc1cc(OC)c2c(c1)OC1[C@H](c3ccccc3)C(C(=O)OC)C(O)[C@@]21O. The van der Waals surface area contributed by atoms with Gasteiger partial charge in [-0.3, -0.25) is 9.59 Å². The summed E-state index contributed by atoms with van der Waals surface area (Å²) in [5, 5.41) is 23.1. The highest BCUT2D eigenvalue weighted by Gasteiger charge is 2.69. The molecule has 0 amide bonds. The molecule has 2 N–H and O–H groups in total. The molecule has 2 aromatic rings. The summed E-state index contributed by atoms with van der Waals surface area (Å²) in [6, 6.07) is 12.3. The van der Waals surface area contributed by atoms with Crippen molar-refractivity contribution < 1.29 is 43.5 Å². The predicted molar refractivity (Wildman–Crippen MR) is 119 cm³/mol. The Balaban J connectivity index is 1.69. The number of ether oxygens (including phenoxy) is 5. The first-order valence-electron chi connectivity index (χ1n) is 11.0. The van der Waals surface area contributed by atoms with Crippen LogP contribution in [0.5, 0.6) is 17.2 Å². The fraction of sp³-hybridized carbons (Fsp3) is 0.440. The maximum absolute atomic E-state index is 12.7. The van der Waals surface area contributed by atoms with E-state index in [1.807, 2.05) is 30.3 Å². The largest absolute Gasteiger partial charge is 0.496 e. The summed E-state index contributed by atoms with van der Waals surface area (Å²) in [6.07, 6.45) is -1.80. The summed E-state index contributed by atoms with van der Waals surface area (Å²) in [7, 11) is 4.00. The molecule has 1 aliphatic carbocycles.